The minimum absolute atomic E-state index is 0.313. The summed E-state index contributed by atoms with van der Waals surface area (Å²) in [6.07, 6.45) is 2.07. The molecule has 112 valence electrons. The summed E-state index contributed by atoms with van der Waals surface area (Å²) >= 11 is 5.13. The molecule has 0 saturated carbocycles. The zero-order valence-corrected chi connectivity index (χ0v) is 13.6. The Labute approximate surface area is 131 Å². The van der Waals surface area contributed by atoms with Crippen molar-refractivity contribution in [1.82, 2.24) is 9.78 Å². The molecule has 2 aromatic rings. The van der Waals surface area contributed by atoms with Crippen LogP contribution in [0.2, 0.25) is 0 Å². The lowest BCUT2D eigenvalue weighted by Crippen LogP contribution is -2.21. The molecule has 2 rings (SSSR count). The normalized spacial score (nSPS) is 12.1. The summed E-state index contributed by atoms with van der Waals surface area (Å²) in [6.45, 7) is 4.09. The number of aromatic nitrogens is 2. The number of anilines is 1. The summed E-state index contributed by atoms with van der Waals surface area (Å²) in [5.41, 5.74) is 8.87. The lowest BCUT2D eigenvalue weighted by molar-refractivity contribution is 0.681. The Bertz CT molecular complexity index is 619. The second-order valence-corrected chi connectivity index (χ2v) is 5.81. The first-order valence-corrected chi connectivity index (χ1v) is 7.53. The number of aryl methyl sites for hydroxylation is 3. The molecular formula is C16H22N4S. The second kappa shape index (κ2) is 6.72. The Hall–Kier alpha value is -1.88. The highest BCUT2D eigenvalue weighted by Gasteiger charge is 2.17. The van der Waals surface area contributed by atoms with Crippen LogP contribution >= 0.6 is 12.2 Å². The van der Waals surface area contributed by atoms with Gasteiger partial charge in [-0.25, -0.2) is 0 Å². The van der Waals surface area contributed by atoms with Crippen molar-refractivity contribution in [2.24, 2.45) is 12.8 Å². The zero-order valence-electron chi connectivity index (χ0n) is 12.8. The predicted octanol–water partition coefficient (Wildman–Crippen LogP) is 2.80. The van der Waals surface area contributed by atoms with Gasteiger partial charge in [0.25, 0.3) is 0 Å². The van der Waals surface area contributed by atoms with Crippen LogP contribution in [0.25, 0.3) is 0 Å². The third kappa shape index (κ3) is 3.82. The molecule has 1 aromatic heterocycles. The number of nitrogens with one attached hydrogen (secondary N) is 1. The quantitative estimate of drug-likeness (QED) is 0.806. The number of benzene rings is 1. The average molecular weight is 302 g/mol. The van der Waals surface area contributed by atoms with Crippen LogP contribution in [0, 0.1) is 6.92 Å². The van der Waals surface area contributed by atoms with E-state index in [1.54, 1.807) is 0 Å². The maximum absolute atomic E-state index is 5.81. The highest BCUT2D eigenvalue weighted by atomic mass is 32.1. The van der Waals surface area contributed by atoms with E-state index in [4.69, 9.17) is 18.0 Å². The van der Waals surface area contributed by atoms with Gasteiger partial charge in [-0.1, -0.05) is 42.5 Å². The number of rotatable bonds is 6. The third-order valence-electron chi connectivity index (χ3n) is 3.56. The van der Waals surface area contributed by atoms with Crippen LogP contribution in [0.15, 0.2) is 30.3 Å². The van der Waals surface area contributed by atoms with E-state index < -0.39 is 0 Å². The van der Waals surface area contributed by atoms with E-state index in [9.17, 15) is 0 Å². The van der Waals surface area contributed by atoms with Gasteiger partial charge in [-0.05, 0) is 32.3 Å². The Morgan fingerprint density at radius 3 is 2.67 bits per heavy atom. The number of hydrogen-bond acceptors (Lipinski definition) is 3. The molecule has 0 spiro atoms. The molecule has 0 aliphatic carbocycles. The third-order valence-corrected chi connectivity index (χ3v) is 3.76. The van der Waals surface area contributed by atoms with Gasteiger partial charge in [0.2, 0.25) is 0 Å². The summed E-state index contributed by atoms with van der Waals surface area (Å²) in [5, 5.41) is 7.87. The van der Waals surface area contributed by atoms with Crippen LogP contribution in [-0.4, -0.2) is 20.8 Å². The van der Waals surface area contributed by atoms with Gasteiger partial charge in [-0.15, -0.1) is 0 Å². The first-order valence-electron chi connectivity index (χ1n) is 7.13. The molecule has 5 heteroatoms. The van der Waals surface area contributed by atoms with Crippen LogP contribution < -0.4 is 11.1 Å². The van der Waals surface area contributed by atoms with Crippen molar-refractivity contribution >= 4 is 23.0 Å². The molecule has 0 aliphatic rings. The smallest absolute Gasteiger partial charge is 0.134 e. The molecule has 0 fully saturated rings. The highest BCUT2D eigenvalue weighted by molar-refractivity contribution is 7.80. The maximum Gasteiger partial charge on any atom is 0.134 e. The highest BCUT2D eigenvalue weighted by Crippen LogP contribution is 2.20. The molecule has 4 nitrogen and oxygen atoms in total. The standard InChI is InChI=1S/C16H22N4S/c1-11(9-10-13-7-5-4-6-8-13)18-16-14(15(17)21)12(2)19-20(16)3/h4-8,11,18H,9-10H2,1-3H3,(H2,17,21). The lowest BCUT2D eigenvalue weighted by Gasteiger charge is -2.16. The molecular weight excluding hydrogens is 280 g/mol. The van der Waals surface area contributed by atoms with Crippen molar-refractivity contribution in [3.8, 4) is 0 Å². The largest absolute Gasteiger partial charge is 0.389 e. The van der Waals surface area contributed by atoms with E-state index in [0.717, 1.165) is 29.9 Å². The van der Waals surface area contributed by atoms with E-state index >= 15 is 0 Å². The number of thiocarbonyl (C=S) groups is 1. The molecule has 0 amide bonds. The minimum atomic E-state index is 0.313. The molecule has 21 heavy (non-hydrogen) atoms. The van der Waals surface area contributed by atoms with E-state index in [2.05, 4.69) is 41.6 Å². The molecule has 0 aliphatic heterocycles. The molecule has 0 saturated heterocycles. The summed E-state index contributed by atoms with van der Waals surface area (Å²) in [7, 11) is 1.90. The van der Waals surface area contributed by atoms with E-state index in [1.165, 1.54) is 5.56 Å². The Balaban J connectivity index is 2.03. The van der Waals surface area contributed by atoms with Gasteiger partial charge in [0.05, 0.1) is 11.3 Å². The molecule has 1 aromatic carbocycles. The number of nitrogens with zero attached hydrogens (tertiary/aromatic N) is 2. The molecule has 3 N–H and O–H groups in total. The van der Waals surface area contributed by atoms with Crippen LogP contribution in [-0.2, 0) is 13.5 Å². The van der Waals surface area contributed by atoms with Gasteiger partial charge in [-0.2, -0.15) is 5.10 Å². The van der Waals surface area contributed by atoms with Crippen molar-refractivity contribution in [1.29, 1.82) is 0 Å². The van der Waals surface area contributed by atoms with E-state index in [0.29, 0.717) is 11.0 Å². The number of nitrogens with two attached hydrogens (primary N) is 1. The lowest BCUT2D eigenvalue weighted by atomic mass is 10.1. The monoisotopic (exact) mass is 302 g/mol. The summed E-state index contributed by atoms with van der Waals surface area (Å²) in [5.74, 6) is 0.903. The SMILES string of the molecule is Cc1nn(C)c(NC(C)CCc2ccccc2)c1C(N)=S. The Kier molecular flexibility index (Phi) is 4.96. The van der Waals surface area contributed by atoms with Crippen LogP contribution in [0.3, 0.4) is 0 Å². The van der Waals surface area contributed by atoms with E-state index in [1.807, 2.05) is 24.7 Å². The van der Waals surface area contributed by atoms with Gasteiger partial charge in [0.15, 0.2) is 0 Å². The van der Waals surface area contributed by atoms with Crippen molar-refractivity contribution in [2.75, 3.05) is 5.32 Å². The molecule has 1 unspecified atom stereocenters. The average Bonchev–Trinajstić information content (AvgIpc) is 2.72. The first-order chi connectivity index (χ1) is 9.99. The zero-order chi connectivity index (χ0) is 15.4. The van der Waals surface area contributed by atoms with Gasteiger partial charge < -0.3 is 11.1 Å². The molecule has 1 atom stereocenters. The fraction of sp³-hybridized carbons (Fsp3) is 0.375. The van der Waals surface area contributed by atoms with Crippen LogP contribution in [0.4, 0.5) is 5.82 Å². The van der Waals surface area contributed by atoms with Gasteiger partial charge >= 0.3 is 0 Å². The first kappa shape index (κ1) is 15.5. The Morgan fingerprint density at radius 1 is 1.38 bits per heavy atom. The Morgan fingerprint density at radius 2 is 2.05 bits per heavy atom. The van der Waals surface area contributed by atoms with Crippen molar-refractivity contribution in [3.63, 3.8) is 0 Å². The molecule has 0 radical (unpaired) electrons. The van der Waals surface area contributed by atoms with Gasteiger partial charge in [0, 0.05) is 13.1 Å². The fourth-order valence-electron chi connectivity index (χ4n) is 2.45. The summed E-state index contributed by atoms with van der Waals surface area (Å²) in [6, 6.07) is 10.8. The van der Waals surface area contributed by atoms with Crippen molar-refractivity contribution in [2.45, 2.75) is 32.7 Å². The molecule has 0 bridgehead atoms. The topological polar surface area (TPSA) is 55.9 Å². The van der Waals surface area contributed by atoms with Crippen LogP contribution in [0.1, 0.15) is 30.2 Å². The molecule has 1 heterocycles. The van der Waals surface area contributed by atoms with Gasteiger partial charge in [-0.3, -0.25) is 4.68 Å². The van der Waals surface area contributed by atoms with Crippen LogP contribution in [0.5, 0.6) is 0 Å². The van der Waals surface area contributed by atoms with Gasteiger partial charge in [0.1, 0.15) is 10.8 Å². The predicted molar refractivity (Wildman–Crippen MR) is 91.7 cm³/mol. The van der Waals surface area contributed by atoms with E-state index in [-0.39, 0.29) is 0 Å². The summed E-state index contributed by atoms with van der Waals surface area (Å²) < 4.78 is 1.81. The number of hydrogen-bond donors (Lipinski definition) is 2. The fourth-order valence-corrected chi connectivity index (χ4v) is 2.70. The maximum atomic E-state index is 5.81. The minimum Gasteiger partial charge on any atom is -0.389 e. The second-order valence-electron chi connectivity index (χ2n) is 5.37. The summed E-state index contributed by atoms with van der Waals surface area (Å²) in [4.78, 5) is 0.387. The van der Waals surface area contributed by atoms with Crippen molar-refractivity contribution < 1.29 is 0 Å². The van der Waals surface area contributed by atoms with Crippen molar-refractivity contribution in [3.05, 3.63) is 47.2 Å².